The predicted octanol–water partition coefficient (Wildman–Crippen LogP) is 0.804. The quantitative estimate of drug-likeness (QED) is 0.838. The second kappa shape index (κ2) is 4.72. The number of aliphatic carboxylic acids is 1. The van der Waals surface area contributed by atoms with Crippen LogP contribution in [0.2, 0.25) is 0 Å². The van der Waals surface area contributed by atoms with Crippen molar-refractivity contribution in [2.75, 3.05) is 13.1 Å². The van der Waals surface area contributed by atoms with Crippen LogP contribution in [0.15, 0.2) is 18.5 Å². The molecule has 6 nitrogen and oxygen atoms in total. The van der Waals surface area contributed by atoms with Crippen LogP contribution in [0, 0.1) is 5.41 Å². The Hall–Kier alpha value is -1.98. The van der Waals surface area contributed by atoms with Crippen LogP contribution < -0.4 is 0 Å². The first kappa shape index (κ1) is 12.5. The average Bonchev–Trinajstić information content (AvgIpc) is 2.40. The highest BCUT2D eigenvalue weighted by Crippen LogP contribution is 2.31. The van der Waals surface area contributed by atoms with Gasteiger partial charge in [0.1, 0.15) is 0 Å². The van der Waals surface area contributed by atoms with E-state index in [2.05, 4.69) is 10.2 Å². The highest BCUT2D eigenvalue weighted by Gasteiger charge is 2.38. The van der Waals surface area contributed by atoms with E-state index in [1.807, 2.05) is 0 Å². The van der Waals surface area contributed by atoms with Crippen LogP contribution >= 0.6 is 0 Å². The molecule has 1 saturated heterocycles. The van der Waals surface area contributed by atoms with Crippen LogP contribution in [0.4, 0.5) is 0 Å². The molecule has 0 aromatic carbocycles. The summed E-state index contributed by atoms with van der Waals surface area (Å²) in [7, 11) is 0. The van der Waals surface area contributed by atoms with Gasteiger partial charge in [-0.1, -0.05) is 0 Å². The van der Waals surface area contributed by atoms with Crippen molar-refractivity contribution in [3.8, 4) is 0 Å². The van der Waals surface area contributed by atoms with Gasteiger partial charge < -0.3 is 10.0 Å². The molecule has 18 heavy (non-hydrogen) atoms. The summed E-state index contributed by atoms with van der Waals surface area (Å²) in [5, 5.41) is 16.4. The molecule has 1 fully saturated rings. The summed E-state index contributed by atoms with van der Waals surface area (Å²) in [6.45, 7) is 2.65. The molecule has 0 atom stereocenters. The second-order valence-corrected chi connectivity index (χ2v) is 4.79. The monoisotopic (exact) mass is 249 g/mol. The molecule has 1 N–H and O–H groups in total. The minimum absolute atomic E-state index is 0.114. The standard InChI is InChI=1S/C12H15N3O3/c1-12(11(17)18)3-6-15(7-4-12)10(16)9-2-5-13-14-8-9/h2,5,8H,3-4,6-7H2,1H3,(H,17,18). The zero-order chi connectivity index (χ0) is 13.2. The Morgan fingerprint density at radius 2 is 2.00 bits per heavy atom. The molecule has 1 aliphatic heterocycles. The first-order valence-electron chi connectivity index (χ1n) is 5.82. The molecule has 0 saturated carbocycles. The number of carboxylic acids is 1. The summed E-state index contributed by atoms with van der Waals surface area (Å²) >= 11 is 0. The molecular formula is C12H15N3O3. The lowest BCUT2D eigenvalue weighted by molar-refractivity contribution is -0.150. The van der Waals surface area contributed by atoms with Crippen molar-refractivity contribution in [2.24, 2.45) is 5.41 Å². The normalized spacial score (nSPS) is 18.4. The third kappa shape index (κ3) is 2.32. The van der Waals surface area contributed by atoms with Gasteiger partial charge in [-0.05, 0) is 25.8 Å². The van der Waals surface area contributed by atoms with Gasteiger partial charge in [0.2, 0.25) is 0 Å². The third-order valence-corrected chi connectivity index (χ3v) is 3.50. The molecule has 2 rings (SSSR count). The molecule has 1 amide bonds. The van der Waals surface area contributed by atoms with Crippen LogP contribution in [0.3, 0.4) is 0 Å². The Morgan fingerprint density at radius 1 is 1.33 bits per heavy atom. The van der Waals surface area contributed by atoms with Crippen molar-refractivity contribution in [3.05, 3.63) is 24.0 Å². The van der Waals surface area contributed by atoms with E-state index in [4.69, 9.17) is 5.11 Å². The lowest BCUT2D eigenvalue weighted by Gasteiger charge is -2.36. The molecule has 0 bridgehead atoms. The number of piperidine rings is 1. The van der Waals surface area contributed by atoms with E-state index in [0.29, 0.717) is 31.5 Å². The van der Waals surface area contributed by atoms with Crippen molar-refractivity contribution in [1.29, 1.82) is 0 Å². The molecule has 0 radical (unpaired) electrons. The summed E-state index contributed by atoms with van der Waals surface area (Å²) in [4.78, 5) is 24.9. The first-order chi connectivity index (χ1) is 8.53. The largest absolute Gasteiger partial charge is 0.481 e. The molecule has 0 unspecified atom stereocenters. The summed E-state index contributed by atoms with van der Waals surface area (Å²) in [6, 6.07) is 1.61. The number of hydrogen-bond acceptors (Lipinski definition) is 4. The van der Waals surface area contributed by atoms with Crippen molar-refractivity contribution in [2.45, 2.75) is 19.8 Å². The SMILES string of the molecule is CC1(C(=O)O)CCN(C(=O)c2ccnnc2)CC1. The van der Waals surface area contributed by atoms with E-state index in [1.165, 1.54) is 12.4 Å². The molecular weight excluding hydrogens is 234 g/mol. The number of carboxylic acid groups (broad SMARTS) is 1. The smallest absolute Gasteiger partial charge is 0.309 e. The fourth-order valence-electron chi connectivity index (χ4n) is 2.02. The Bertz CT molecular complexity index is 453. The number of carbonyl (C=O) groups is 2. The van der Waals surface area contributed by atoms with E-state index in [1.54, 1.807) is 17.9 Å². The summed E-state index contributed by atoms with van der Waals surface area (Å²) < 4.78 is 0. The minimum Gasteiger partial charge on any atom is -0.481 e. The van der Waals surface area contributed by atoms with E-state index >= 15 is 0 Å². The summed E-state index contributed by atoms with van der Waals surface area (Å²) in [6.07, 6.45) is 3.85. The number of aromatic nitrogens is 2. The van der Waals surface area contributed by atoms with Crippen LogP contribution in [0.25, 0.3) is 0 Å². The van der Waals surface area contributed by atoms with Crippen LogP contribution in [-0.4, -0.2) is 45.2 Å². The predicted molar refractivity (Wildman–Crippen MR) is 62.9 cm³/mol. The number of likely N-dealkylation sites (tertiary alicyclic amines) is 1. The number of rotatable bonds is 2. The van der Waals surface area contributed by atoms with Gasteiger partial charge in [0.25, 0.3) is 5.91 Å². The first-order valence-corrected chi connectivity index (χ1v) is 5.82. The lowest BCUT2D eigenvalue weighted by Crippen LogP contribution is -2.45. The number of nitrogens with zero attached hydrogens (tertiary/aromatic N) is 3. The average molecular weight is 249 g/mol. The minimum atomic E-state index is -0.792. The van der Waals surface area contributed by atoms with Gasteiger partial charge in [0.15, 0.2) is 0 Å². The molecule has 0 spiro atoms. The van der Waals surface area contributed by atoms with Crippen molar-refractivity contribution in [1.82, 2.24) is 15.1 Å². The summed E-state index contributed by atoms with van der Waals surface area (Å²) in [5.74, 6) is -0.905. The second-order valence-electron chi connectivity index (χ2n) is 4.79. The zero-order valence-electron chi connectivity index (χ0n) is 10.2. The Balaban J connectivity index is 2.03. The molecule has 6 heteroatoms. The van der Waals surface area contributed by atoms with Crippen LogP contribution in [0.5, 0.6) is 0 Å². The van der Waals surface area contributed by atoms with Gasteiger partial charge in [-0.25, -0.2) is 0 Å². The topological polar surface area (TPSA) is 83.4 Å². The Kier molecular flexibility index (Phi) is 3.27. The van der Waals surface area contributed by atoms with Crippen LogP contribution in [0.1, 0.15) is 30.1 Å². The fraction of sp³-hybridized carbons (Fsp3) is 0.500. The maximum atomic E-state index is 12.1. The van der Waals surface area contributed by atoms with Gasteiger partial charge in [0.05, 0.1) is 23.4 Å². The lowest BCUT2D eigenvalue weighted by atomic mass is 9.80. The van der Waals surface area contributed by atoms with Crippen molar-refractivity contribution in [3.63, 3.8) is 0 Å². The highest BCUT2D eigenvalue weighted by atomic mass is 16.4. The maximum absolute atomic E-state index is 12.1. The van der Waals surface area contributed by atoms with Gasteiger partial charge in [-0.2, -0.15) is 10.2 Å². The molecule has 1 aromatic heterocycles. The highest BCUT2D eigenvalue weighted by molar-refractivity contribution is 5.94. The Morgan fingerprint density at radius 3 is 2.50 bits per heavy atom. The van der Waals surface area contributed by atoms with Gasteiger partial charge in [0, 0.05) is 13.1 Å². The number of hydrogen-bond donors (Lipinski definition) is 1. The maximum Gasteiger partial charge on any atom is 0.309 e. The van der Waals surface area contributed by atoms with E-state index in [-0.39, 0.29) is 5.91 Å². The van der Waals surface area contributed by atoms with Gasteiger partial charge >= 0.3 is 5.97 Å². The molecule has 1 aromatic rings. The van der Waals surface area contributed by atoms with Crippen molar-refractivity contribution < 1.29 is 14.7 Å². The molecule has 96 valence electrons. The zero-order valence-corrected chi connectivity index (χ0v) is 10.2. The third-order valence-electron chi connectivity index (χ3n) is 3.50. The van der Waals surface area contributed by atoms with E-state index < -0.39 is 11.4 Å². The molecule has 0 aliphatic carbocycles. The van der Waals surface area contributed by atoms with Crippen LogP contribution in [-0.2, 0) is 4.79 Å². The van der Waals surface area contributed by atoms with E-state index in [0.717, 1.165) is 0 Å². The fourth-order valence-corrected chi connectivity index (χ4v) is 2.02. The Labute approximate surface area is 105 Å². The van der Waals surface area contributed by atoms with Crippen molar-refractivity contribution >= 4 is 11.9 Å². The molecule has 2 heterocycles. The van der Waals surface area contributed by atoms with E-state index in [9.17, 15) is 9.59 Å². The summed E-state index contributed by atoms with van der Waals surface area (Å²) in [5.41, 5.74) is -0.225. The molecule has 1 aliphatic rings. The van der Waals surface area contributed by atoms with Gasteiger partial charge in [-0.3, -0.25) is 9.59 Å². The number of carbonyl (C=O) groups excluding carboxylic acids is 1. The number of amides is 1. The van der Waals surface area contributed by atoms with Gasteiger partial charge in [-0.15, -0.1) is 0 Å².